The molecule has 0 bridgehead atoms. The molecule has 0 spiro atoms. The quantitative estimate of drug-likeness (QED) is 0.509. The van der Waals surface area contributed by atoms with E-state index in [4.69, 9.17) is 9.73 Å². The summed E-state index contributed by atoms with van der Waals surface area (Å²) < 4.78 is 5.68. The number of rotatable bonds is 8. The van der Waals surface area contributed by atoms with Crippen LogP contribution in [0.3, 0.4) is 0 Å². The predicted molar refractivity (Wildman–Crippen MR) is 122 cm³/mol. The molecule has 2 aromatic rings. The molecular weight excluding hydrogens is 380 g/mol. The van der Waals surface area contributed by atoms with Crippen molar-refractivity contribution in [2.24, 2.45) is 4.99 Å². The Balaban J connectivity index is 1.68. The number of thiazole rings is 1. The zero-order chi connectivity index (χ0) is 20.5. The van der Waals surface area contributed by atoms with Crippen LogP contribution in [0.2, 0.25) is 0 Å². The van der Waals surface area contributed by atoms with E-state index in [1.807, 2.05) is 6.20 Å². The van der Waals surface area contributed by atoms with Gasteiger partial charge in [0.1, 0.15) is 0 Å². The molecule has 6 heteroatoms. The third-order valence-corrected chi connectivity index (χ3v) is 6.83. The van der Waals surface area contributed by atoms with Gasteiger partial charge in [0.05, 0.1) is 11.6 Å². The van der Waals surface area contributed by atoms with Crippen LogP contribution in [0.15, 0.2) is 35.5 Å². The molecule has 5 nitrogen and oxygen atoms in total. The molecule has 158 valence electrons. The Kier molecular flexibility index (Phi) is 8.07. The van der Waals surface area contributed by atoms with Gasteiger partial charge in [0.15, 0.2) is 5.96 Å². The van der Waals surface area contributed by atoms with Crippen LogP contribution < -0.4 is 10.6 Å². The van der Waals surface area contributed by atoms with Gasteiger partial charge in [0.2, 0.25) is 0 Å². The Morgan fingerprint density at radius 3 is 2.69 bits per heavy atom. The van der Waals surface area contributed by atoms with Crippen molar-refractivity contribution < 1.29 is 4.74 Å². The fourth-order valence-electron chi connectivity index (χ4n) is 3.93. The SMILES string of the molecule is CCNC(=NCC1(c2ccccc2C)CCOCC1)NCCc1ncc(CC)s1. The summed E-state index contributed by atoms with van der Waals surface area (Å²) >= 11 is 1.81. The monoisotopic (exact) mass is 414 g/mol. The first-order valence-electron chi connectivity index (χ1n) is 10.8. The molecule has 1 aromatic heterocycles. The predicted octanol–water partition coefficient (Wildman–Crippen LogP) is 3.86. The van der Waals surface area contributed by atoms with E-state index < -0.39 is 0 Å². The lowest BCUT2D eigenvalue weighted by Gasteiger charge is -2.37. The third kappa shape index (κ3) is 5.80. The lowest BCUT2D eigenvalue weighted by atomic mass is 9.72. The van der Waals surface area contributed by atoms with Gasteiger partial charge in [-0.25, -0.2) is 4.98 Å². The summed E-state index contributed by atoms with van der Waals surface area (Å²) in [5.41, 5.74) is 2.81. The molecule has 0 amide bonds. The van der Waals surface area contributed by atoms with Crippen LogP contribution in [0.5, 0.6) is 0 Å². The first kappa shape index (κ1) is 21.8. The number of nitrogens with one attached hydrogen (secondary N) is 2. The minimum atomic E-state index is 0.0529. The van der Waals surface area contributed by atoms with Crippen molar-refractivity contribution in [2.75, 3.05) is 32.8 Å². The normalized spacial score (nSPS) is 16.6. The molecule has 0 unspecified atom stereocenters. The minimum absolute atomic E-state index is 0.0529. The highest BCUT2D eigenvalue weighted by Crippen LogP contribution is 2.37. The van der Waals surface area contributed by atoms with E-state index in [1.165, 1.54) is 21.0 Å². The summed E-state index contributed by atoms with van der Waals surface area (Å²) in [6.45, 7) is 10.6. The Morgan fingerprint density at radius 2 is 2.00 bits per heavy atom. The van der Waals surface area contributed by atoms with Crippen molar-refractivity contribution in [1.29, 1.82) is 0 Å². The second-order valence-corrected chi connectivity index (χ2v) is 8.85. The van der Waals surface area contributed by atoms with Crippen molar-refractivity contribution in [2.45, 2.75) is 51.9 Å². The Morgan fingerprint density at radius 1 is 1.21 bits per heavy atom. The van der Waals surface area contributed by atoms with Gasteiger partial charge >= 0.3 is 0 Å². The summed E-state index contributed by atoms with van der Waals surface area (Å²) in [4.78, 5) is 10.9. The Labute approximate surface area is 179 Å². The fourth-order valence-corrected chi connectivity index (χ4v) is 4.79. The lowest BCUT2D eigenvalue weighted by molar-refractivity contribution is 0.0529. The van der Waals surface area contributed by atoms with E-state index in [0.717, 1.165) is 64.5 Å². The van der Waals surface area contributed by atoms with E-state index >= 15 is 0 Å². The average molecular weight is 415 g/mol. The molecule has 1 saturated heterocycles. The van der Waals surface area contributed by atoms with Crippen LogP contribution in [0.4, 0.5) is 0 Å². The highest BCUT2D eigenvalue weighted by atomic mass is 32.1. The molecular formula is C23H34N4OS. The van der Waals surface area contributed by atoms with Crippen molar-refractivity contribution in [1.82, 2.24) is 15.6 Å². The Bertz CT molecular complexity index is 796. The van der Waals surface area contributed by atoms with Gasteiger partial charge in [0, 0.05) is 49.2 Å². The molecule has 2 N–H and O–H groups in total. The number of hydrogen-bond donors (Lipinski definition) is 2. The van der Waals surface area contributed by atoms with E-state index in [-0.39, 0.29) is 5.41 Å². The van der Waals surface area contributed by atoms with Gasteiger partial charge in [-0.2, -0.15) is 0 Å². The number of nitrogens with zero attached hydrogens (tertiary/aromatic N) is 2. The van der Waals surface area contributed by atoms with Gasteiger partial charge in [-0.15, -0.1) is 11.3 Å². The molecule has 1 fully saturated rings. The third-order valence-electron chi connectivity index (χ3n) is 5.63. The van der Waals surface area contributed by atoms with Gasteiger partial charge in [-0.3, -0.25) is 4.99 Å². The maximum atomic E-state index is 5.68. The van der Waals surface area contributed by atoms with Crippen LogP contribution >= 0.6 is 11.3 Å². The molecule has 0 atom stereocenters. The van der Waals surface area contributed by atoms with Crippen LogP contribution in [0, 0.1) is 6.92 Å². The fraction of sp³-hybridized carbons (Fsp3) is 0.565. The second kappa shape index (κ2) is 10.7. The first-order chi connectivity index (χ1) is 14.2. The molecule has 1 aliphatic rings. The molecule has 0 aliphatic carbocycles. The van der Waals surface area contributed by atoms with Crippen molar-refractivity contribution in [3.05, 3.63) is 51.5 Å². The lowest BCUT2D eigenvalue weighted by Crippen LogP contribution is -2.42. The van der Waals surface area contributed by atoms with Crippen molar-refractivity contribution in [3.8, 4) is 0 Å². The van der Waals surface area contributed by atoms with Crippen molar-refractivity contribution in [3.63, 3.8) is 0 Å². The molecule has 0 radical (unpaired) electrons. The van der Waals surface area contributed by atoms with Crippen LogP contribution in [0.25, 0.3) is 0 Å². The Hall–Kier alpha value is -1.92. The average Bonchev–Trinajstić information content (AvgIpc) is 3.21. The largest absolute Gasteiger partial charge is 0.381 e. The van der Waals surface area contributed by atoms with E-state index in [9.17, 15) is 0 Å². The standard InChI is InChI=1S/C23H34N4OS/c1-4-19-16-26-21(29-19)10-13-25-22(24-5-2)27-17-23(11-14-28-15-12-23)20-9-7-6-8-18(20)3/h6-9,16H,4-5,10-15,17H2,1-3H3,(H2,24,25,27). The maximum absolute atomic E-state index is 5.68. The molecule has 29 heavy (non-hydrogen) atoms. The maximum Gasteiger partial charge on any atom is 0.191 e. The van der Waals surface area contributed by atoms with Gasteiger partial charge in [-0.1, -0.05) is 31.2 Å². The topological polar surface area (TPSA) is 58.5 Å². The van der Waals surface area contributed by atoms with Crippen LogP contribution in [-0.2, 0) is 23.0 Å². The second-order valence-electron chi connectivity index (χ2n) is 7.65. The van der Waals surface area contributed by atoms with Crippen LogP contribution in [-0.4, -0.2) is 43.8 Å². The smallest absolute Gasteiger partial charge is 0.191 e. The van der Waals surface area contributed by atoms with Gasteiger partial charge in [-0.05, 0) is 44.2 Å². The number of aliphatic imine (C=N–C) groups is 1. The number of aryl methyl sites for hydroxylation is 2. The van der Waals surface area contributed by atoms with Gasteiger partial charge < -0.3 is 15.4 Å². The number of ether oxygens (including phenoxy) is 1. The summed E-state index contributed by atoms with van der Waals surface area (Å²) in [5.74, 6) is 0.888. The highest BCUT2D eigenvalue weighted by molar-refractivity contribution is 7.11. The summed E-state index contributed by atoms with van der Waals surface area (Å²) in [6.07, 6.45) is 6.00. The molecule has 0 saturated carbocycles. The van der Waals surface area contributed by atoms with Crippen molar-refractivity contribution >= 4 is 17.3 Å². The number of aromatic nitrogens is 1. The summed E-state index contributed by atoms with van der Waals surface area (Å²) in [5, 5.41) is 8.08. The van der Waals surface area contributed by atoms with E-state index in [2.05, 4.69) is 60.7 Å². The first-order valence-corrected chi connectivity index (χ1v) is 11.6. The zero-order valence-corrected chi connectivity index (χ0v) is 18.8. The minimum Gasteiger partial charge on any atom is -0.381 e. The molecule has 2 heterocycles. The molecule has 1 aliphatic heterocycles. The molecule has 3 rings (SSSR count). The number of guanidine groups is 1. The number of hydrogen-bond acceptors (Lipinski definition) is 4. The number of benzene rings is 1. The zero-order valence-electron chi connectivity index (χ0n) is 18.0. The van der Waals surface area contributed by atoms with Gasteiger partial charge in [0.25, 0.3) is 0 Å². The van der Waals surface area contributed by atoms with E-state index in [1.54, 1.807) is 11.3 Å². The van der Waals surface area contributed by atoms with E-state index in [0.29, 0.717) is 0 Å². The molecule has 1 aromatic carbocycles. The summed E-state index contributed by atoms with van der Waals surface area (Å²) in [6, 6.07) is 8.73. The van der Waals surface area contributed by atoms with Crippen LogP contribution in [0.1, 0.15) is 47.7 Å². The summed E-state index contributed by atoms with van der Waals surface area (Å²) in [7, 11) is 0. The highest BCUT2D eigenvalue weighted by Gasteiger charge is 2.35.